The maximum Gasteiger partial charge on any atom is 0.0642 e. The number of benzene rings is 2. The van der Waals surface area contributed by atoms with Gasteiger partial charge in [-0.3, -0.25) is 0 Å². The summed E-state index contributed by atoms with van der Waals surface area (Å²) in [6, 6.07) is 14.4. The zero-order valence-electron chi connectivity index (χ0n) is 12.5. The summed E-state index contributed by atoms with van der Waals surface area (Å²) in [4.78, 5) is 2.14. The quantitative estimate of drug-likeness (QED) is 0.841. The van der Waals surface area contributed by atoms with Crippen molar-refractivity contribution in [3.63, 3.8) is 0 Å². The zero-order valence-corrected chi connectivity index (χ0v) is 14.0. The molecule has 0 spiro atoms. The molecule has 112 valence electrons. The number of nitrogens with one attached hydrogen (secondary N) is 1. The van der Waals surface area contributed by atoms with E-state index in [0.29, 0.717) is 0 Å². The Kier molecular flexibility index (Phi) is 5.51. The highest BCUT2D eigenvalue weighted by atomic mass is 35.5. The van der Waals surface area contributed by atoms with E-state index in [-0.39, 0.29) is 6.04 Å². The molecule has 0 aliphatic rings. The lowest BCUT2D eigenvalue weighted by Crippen LogP contribution is -2.17. The third-order valence-corrected chi connectivity index (χ3v) is 4.20. The highest BCUT2D eigenvalue weighted by Crippen LogP contribution is 2.29. The summed E-state index contributed by atoms with van der Waals surface area (Å²) in [5.41, 5.74) is 3.41. The number of rotatable bonds is 5. The SMILES string of the molecule is CNC(C)c1ccc(N(C)Cc2ccc(Cl)cc2)c(Cl)c1. The minimum Gasteiger partial charge on any atom is -0.369 e. The Bertz CT molecular complexity index is 596. The molecule has 0 aliphatic heterocycles. The second-order valence-electron chi connectivity index (χ2n) is 5.20. The third kappa shape index (κ3) is 4.13. The number of halogens is 2. The molecule has 0 aromatic heterocycles. The predicted octanol–water partition coefficient (Wildman–Crippen LogP) is 4.91. The smallest absolute Gasteiger partial charge is 0.0642 e. The van der Waals surface area contributed by atoms with Gasteiger partial charge in [0, 0.05) is 24.7 Å². The first kappa shape index (κ1) is 16.2. The van der Waals surface area contributed by atoms with Crippen LogP contribution < -0.4 is 10.2 Å². The van der Waals surface area contributed by atoms with E-state index in [9.17, 15) is 0 Å². The van der Waals surface area contributed by atoms with Gasteiger partial charge in [-0.05, 0) is 49.4 Å². The molecule has 2 rings (SSSR count). The average Bonchev–Trinajstić information content (AvgIpc) is 2.48. The molecule has 0 heterocycles. The van der Waals surface area contributed by atoms with Gasteiger partial charge in [-0.15, -0.1) is 0 Å². The summed E-state index contributed by atoms with van der Waals surface area (Å²) in [6.07, 6.45) is 0. The Labute approximate surface area is 136 Å². The van der Waals surface area contributed by atoms with Gasteiger partial charge in [-0.25, -0.2) is 0 Å². The Morgan fingerprint density at radius 1 is 1.10 bits per heavy atom. The first-order valence-electron chi connectivity index (χ1n) is 6.93. The summed E-state index contributed by atoms with van der Waals surface area (Å²) < 4.78 is 0. The second kappa shape index (κ2) is 7.17. The molecule has 1 atom stereocenters. The van der Waals surface area contributed by atoms with Crippen molar-refractivity contribution >= 4 is 28.9 Å². The zero-order chi connectivity index (χ0) is 15.4. The molecule has 1 N–H and O–H groups in total. The number of anilines is 1. The van der Waals surface area contributed by atoms with Gasteiger partial charge in [0.2, 0.25) is 0 Å². The van der Waals surface area contributed by atoms with Gasteiger partial charge in [0.05, 0.1) is 10.7 Å². The first-order chi connectivity index (χ1) is 10.0. The van der Waals surface area contributed by atoms with Gasteiger partial charge in [-0.1, -0.05) is 41.4 Å². The molecule has 2 aromatic carbocycles. The first-order valence-corrected chi connectivity index (χ1v) is 7.69. The Balaban J connectivity index is 2.15. The van der Waals surface area contributed by atoms with Crippen LogP contribution in [0.2, 0.25) is 10.0 Å². The molecule has 0 bridgehead atoms. The molecule has 1 unspecified atom stereocenters. The van der Waals surface area contributed by atoms with Crippen LogP contribution in [0.1, 0.15) is 24.1 Å². The summed E-state index contributed by atoms with van der Waals surface area (Å²) >= 11 is 12.3. The second-order valence-corrected chi connectivity index (χ2v) is 6.05. The molecular formula is C17H20Cl2N2. The van der Waals surface area contributed by atoms with Crippen LogP contribution in [-0.4, -0.2) is 14.1 Å². The molecule has 0 amide bonds. The average molecular weight is 323 g/mol. The molecule has 21 heavy (non-hydrogen) atoms. The van der Waals surface area contributed by atoms with Crippen molar-refractivity contribution < 1.29 is 0 Å². The van der Waals surface area contributed by atoms with Crippen LogP contribution >= 0.6 is 23.2 Å². The van der Waals surface area contributed by atoms with E-state index in [4.69, 9.17) is 23.2 Å². The minimum atomic E-state index is 0.290. The summed E-state index contributed by atoms with van der Waals surface area (Å²) in [7, 11) is 3.98. The van der Waals surface area contributed by atoms with Gasteiger partial charge in [0.25, 0.3) is 0 Å². The van der Waals surface area contributed by atoms with Crippen LogP contribution in [0.25, 0.3) is 0 Å². The van der Waals surface area contributed by atoms with E-state index in [1.54, 1.807) is 0 Å². The van der Waals surface area contributed by atoms with Crippen LogP contribution in [0.5, 0.6) is 0 Å². The lowest BCUT2D eigenvalue weighted by Gasteiger charge is -2.22. The van der Waals surface area contributed by atoms with Crippen molar-refractivity contribution in [1.82, 2.24) is 5.32 Å². The van der Waals surface area contributed by atoms with Crippen molar-refractivity contribution in [3.8, 4) is 0 Å². The van der Waals surface area contributed by atoms with Gasteiger partial charge in [0.1, 0.15) is 0 Å². The van der Waals surface area contributed by atoms with Gasteiger partial charge < -0.3 is 10.2 Å². The van der Waals surface area contributed by atoms with Crippen molar-refractivity contribution in [2.45, 2.75) is 19.5 Å². The summed E-state index contributed by atoms with van der Waals surface area (Å²) in [6.45, 7) is 2.90. The third-order valence-electron chi connectivity index (χ3n) is 3.65. The van der Waals surface area contributed by atoms with E-state index in [1.165, 1.54) is 11.1 Å². The molecule has 0 aliphatic carbocycles. The molecule has 0 radical (unpaired) electrons. The summed E-state index contributed by atoms with van der Waals surface area (Å²) in [5, 5.41) is 4.74. The maximum atomic E-state index is 6.43. The fraction of sp³-hybridized carbons (Fsp3) is 0.294. The summed E-state index contributed by atoms with van der Waals surface area (Å²) in [5.74, 6) is 0. The maximum absolute atomic E-state index is 6.43. The van der Waals surface area contributed by atoms with E-state index in [0.717, 1.165) is 22.3 Å². The predicted molar refractivity (Wildman–Crippen MR) is 92.5 cm³/mol. The Morgan fingerprint density at radius 2 is 1.76 bits per heavy atom. The minimum absolute atomic E-state index is 0.290. The normalized spacial score (nSPS) is 12.2. The molecule has 0 saturated heterocycles. The lowest BCUT2D eigenvalue weighted by molar-refractivity contribution is 0.652. The molecular weight excluding hydrogens is 303 g/mol. The van der Waals surface area contributed by atoms with Crippen molar-refractivity contribution in [3.05, 3.63) is 63.6 Å². The molecule has 2 aromatic rings. The topological polar surface area (TPSA) is 15.3 Å². The number of hydrogen-bond donors (Lipinski definition) is 1. The highest BCUT2D eigenvalue weighted by molar-refractivity contribution is 6.33. The van der Waals surface area contributed by atoms with E-state index in [2.05, 4.69) is 29.3 Å². The Hall–Kier alpha value is -1.22. The van der Waals surface area contributed by atoms with Crippen LogP contribution in [0.4, 0.5) is 5.69 Å². The lowest BCUT2D eigenvalue weighted by atomic mass is 10.1. The van der Waals surface area contributed by atoms with Gasteiger partial charge in [-0.2, -0.15) is 0 Å². The molecule has 0 fully saturated rings. The number of hydrogen-bond acceptors (Lipinski definition) is 2. The van der Waals surface area contributed by atoms with Gasteiger partial charge in [0.15, 0.2) is 0 Å². The molecule has 2 nitrogen and oxygen atoms in total. The molecule has 0 saturated carbocycles. The largest absolute Gasteiger partial charge is 0.369 e. The van der Waals surface area contributed by atoms with Crippen molar-refractivity contribution in [1.29, 1.82) is 0 Å². The fourth-order valence-electron chi connectivity index (χ4n) is 2.22. The highest BCUT2D eigenvalue weighted by Gasteiger charge is 2.10. The van der Waals surface area contributed by atoms with Gasteiger partial charge >= 0.3 is 0 Å². The van der Waals surface area contributed by atoms with E-state index >= 15 is 0 Å². The Morgan fingerprint density at radius 3 is 2.33 bits per heavy atom. The fourth-order valence-corrected chi connectivity index (χ4v) is 2.68. The van der Waals surface area contributed by atoms with Crippen LogP contribution in [0, 0.1) is 0 Å². The van der Waals surface area contributed by atoms with Crippen molar-refractivity contribution in [2.24, 2.45) is 0 Å². The van der Waals surface area contributed by atoms with Crippen LogP contribution in [-0.2, 0) is 6.54 Å². The van der Waals surface area contributed by atoms with Crippen LogP contribution in [0.15, 0.2) is 42.5 Å². The van der Waals surface area contributed by atoms with Crippen molar-refractivity contribution in [2.75, 3.05) is 19.0 Å². The standard InChI is InChI=1S/C17H20Cl2N2/c1-12(20-2)14-6-9-17(16(19)10-14)21(3)11-13-4-7-15(18)8-5-13/h4-10,12,20H,11H2,1-3H3. The monoisotopic (exact) mass is 322 g/mol. The molecule has 4 heteroatoms. The van der Waals surface area contributed by atoms with E-state index < -0.39 is 0 Å². The number of nitrogens with zero attached hydrogens (tertiary/aromatic N) is 1. The van der Waals surface area contributed by atoms with Crippen LogP contribution in [0.3, 0.4) is 0 Å². The van der Waals surface area contributed by atoms with E-state index in [1.807, 2.05) is 44.4 Å².